The van der Waals surface area contributed by atoms with Crippen LogP contribution in [0.15, 0.2) is 24.3 Å². The van der Waals surface area contributed by atoms with Gasteiger partial charge in [-0.1, -0.05) is 19.1 Å². The fourth-order valence-electron chi connectivity index (χ4n) is 3.02. The van der Waals surface area contributed by atoms with Crippen LogP contribution in [0.4, 0.5) is 0 Å². The maximum absolute atomic E-state index is 12.6. The standard InChI is InChI=1S/C21H25N3O2S/c1-5-17-23-15(4)18-14(3)19(27-21(18)24-17)20(25)22-10-7-11-26-16-9-6-8-13(2)12-16/h6,8-9,12H,5,7,10-11H2,1-4H3,(H,22,25). The quantitative estimate of drug-likeness (QED) is 0.615. The van der Waals surface area contributed by atoms with Crippen LogP contribution in [0.3, 0.4) is 0 Å². The summed E-state index contributed by atoms with van der Waals surface area (Å²) in [5, 5.41) is 3.99. The number of aromatic nitrogens is 2. The molecule has 1 N–H and O–H groups in total. The van der Waals surface area contributed by atoms with Gasteiger partial charge in [0.25, 0.3) is 5.91 Å². The smallest absolute Gasteiger partial charge is 0.261 e. The summed E-state index contributed by atoms with van der Waals surface area (Å²) in [5.74, 6) is 1.63. The summed E-state index contributed by atoms with van der Waals surface area (Å²) < 4.78 is 5.72. The van der Waals surface area contributed by atoms with E-state index in [0.717, 1.165) is 50.8 Å². The number of amides is 1. The van der Waals surface area contributed by atoms with E-state index in [2.05, 4.69) is 15.3 Å². The Morgan fingerprint density at radius 2 is 2.04 bits per heavy atom. The van der Waals surface area contributed by atoms with Crippen molar-refractivity contribution in [2.45, 2.75) is 40.5 Å². The van der Waals surface area contributed by atoms with E-state index in [0.29, 0.717) is 13.2 Å². The fraction of sp³-hybridized carbons (Fsp3) is 0.381. The van der Waals surface area contributed by atoms with E-state index < -0.39 is 0 Å². The van der Waals surface area contributed by atoms with Gasteiger partial charge < -0.3 is 10.1 Å². The molecular formula is C21H25N3O2S. The Balaban J connectivity index is 1.58. The minimum absolute atomic E-state index is 0.0523. The first-order valence-electron chi connectivity index (χ1n) is 9.24. The molecule has 0 spiro atoms. The molecule has 3 rings (SSSR count). The van der Waals surface area contributed by atoms with Gasteiger partial charge in [-0.2, -0.15) is 0 Å². The molecule has 5 nitrogen and oxygen atoms in total. The zero-order valence-corrected chi connectivity index (χ0v) is 17.1. The number of hydrogen-bond donors (Lipinski definition) is 1. The van der Waals surface area contributed by atoms with Crippen LogP contribution in [0, 0.1) is 20.8 Å². The molecule has 0 saturated heterocycles. The lowest BCUT2D eigenvalue weighted by atomic mass is 10.1. The molecule has 0 unspecified atom stereocenters. The number of hydrogen-bond acceptors (Lipinski definition) is 5. The molecule has 0 saturated carbocycles. The van der Waals surface area contributed by atoms with Crippen molar-refractivity contribution in [2.75, 3.05) is 13.2 Å². The van der Waals surface area contributed by atoms with Crippen molar-refractivity contribution in [3.63, 3.8) is 0 Å². The lowest BCUT2D eigenvalue weighted by molar-refractivity contribution is 0.0955. The van der Waals surface area contributed by atoms with Crippen LogP contribution < -0.4 is 10.1 Å². The Bertz CT molecular complexity index is 965. The number of nitrogens with zero attached hydrogens (tertiary/aromatic N) is 2. The number of aryl methyl sites for hydroxylation is 4. The fourth-order valence-corrected chi connectivity index (χ4v) is 4.19. The van der Waals surface area contributed by atoms with Gasteiger partial charge >= 0.3 is 0 Å². The van der Waals surface area contributed by atoms with Gasteiger partial charge in [0.15, 0.2) is 0 Å². The Labute approximate surface area is 163 Å². The molecule has 0 aliphatic carbocycles. The molecular weight excluding hydrogens is 358 g/mol. The molecule has 0 aliphatic heterocycles. The third-order valence-electron chi connectivity index (χ3n) is 4.40. The molecule has 2 aromatic heterocycles. The van der Waals surface area contributed by atoms with Crippen LogP contribution in [0.5, 0.6) is 5.75 Å². The lowest BCUT2D eigenvalue weighted by Crippen LogP contribution is -2.25. The highest BCUT2D eigenvalue weighted by Gasteiger charge is 2.18. The molecule has 3 aromatic rings. The zero-order chi connectivity index (χ0) is 19.4. The van der Waals surface area contributed by atoms with E-state index in [-0.39, 0.29) is 5.91 Å². The Hall–Kier alpha value is -2.47. The van der Waals surface area contributed by atoms with Crippen LogP contribution in [-0.4, -0.2) is 29.0 Å². The minimum Gasteiger partial charge on any atom is -0.494 e. The van der Waals surface area contributed by atoms with Crippen LogP contribution >= 0.6 is 11.3 Å². The number of thiophene rings is 1. The Morgan fingerprint density at radius 3 is 2.78 bits per heavy atom. The van der Waals surface area contributed by atoms with Crippen molar-refractivity contribution >= 4 is 27.5 Å². The number of ether oxygens (including phenoxy) is 1. The van der Waals surface area contributed by atoms with Crippen LogP contribution in [0.2, 0.25) is 0 Å². The number of nitrogens with one attached hydrogen (secondary N) is 1. The third kappa shape index (κ3) is 4.45. The first-order chi connectivity index (χ1) is 13.0. The second kappa shape index (κ2) is 8.48. The van der Waals surface area contributed by atoms with E-state index in [1.807, 2.05) is 52.0 Å². The summed E-state index contributed by atoms with van der Waals surface area (Å²) in [6.45, 7) is 9.16. The summed E-state index contributed by atoms with van der Waals surface area (Å²) in [4.78, 5) is 23.3. The van der Waals surface area contributed by atoms with Gasteiger partial charge in [-0.05, 0) is 50.5 Å². The van der Waals surface area contributed by atoms with Crippen molar-refractivity contribution in [2.24, 2.45) is 0 Å². The second-order valence-corrected chi connectivity index (χ2v) is 7.59. The zero-order valence-electron chi connectivity index (χ0n) is 16.3. The maximum Gasteiger partial charge on any atom is 0.261 e. The molecule has 0 radical (unpaired) electrons. The summed E-state index contributed by atoms with van der Waals surface area (Å²) >= 11 is 1.44. The average molecular weight is 384 g/mol. The predicted octanol–water partition coefficient (Wildman–Crippen LogP) is 4.38. The van der Waals surface area contributed by atoms with Crippen LogP contribution in [-0.2, 0) is 6.42 Å². The largest absolute Gasteiger partial charge is 0.494 e. The normalized spacial score (nSPS) is 11.0. The molecule has 27 heavy (non-hydrogen) atoms. The second-order valence-electron chi connectivity index (χ2n) is 6.59. The molecule has 0 fully saturated rings. The van der Waals surface area contributed by atoms with Gasteiger partial charge in [-0.3, -0.25) is 4.79 Å². The maximum atomic E-state index is 12.6. The summed E-state index contributed by atoms with van der Waals surface area (Å²) in [6.07, 6.45) is 1.54. The highest BCUT2D eigenvalue weighted by atomic mass is 32.1. The van der Waals surface area contributed by atoms with E-state index in [4.69, 9.17) is 4.74 Å². The topological polar surface area (TPSA) is 64.1 Å². The average Bonchev–Trinajstić information content (AvgIpc) is 2.98. The Kier molecular flexibility index (Phi) is 6.06. The van der Waals surface area contributed by atoms with Crippen molar-refractivity contribution in [3.05, 3.63) is 51.8 Å². The van der Waals surface area contributed by atoms with E-state index >= 15 is 0 Å². The summed E-state index contributed by atoms with van der Waals surface area (Å²) in [6, 6.07) is 7.97. The predicted molar refractivity (Wildman–Crippen MR) is 110 cm³/mol. The molecule has 0 atom stereocenters. The number of carbonyl (C=O) groups is 1. The first-order valence-corrected chi connectivity index (χ1v) is 10.1. The molecule has 0 bridgehead atoms. The summed E-state index contributed by atoms with van der Waals surface area (Å²) in [7, 11) is 0. The van der Waals surface area contributed by atoms with E-state index in [9.17, 15) is 4.79 Å². The van der Waals surface area contributed by atoms with Crippen molar-refractivity contribution < 1.29 is 9.53 Å². The van der Waals surface area contributed by atoms with E-state index in [1.165, 1.54) is 16.9 Å². The highest BCUT2D eigenvalue weighted by molar-refractivity contribution is 7.20. The van der Waals surface area contributed by atoms with Crippen LogP contribution in [0.25, 0.3) is 10.2 Å². The number of carbonyl (C=O) groups excluding carboxylic acids is 1. The molecule has 0 aliphatic rings. The SMILES string of the molecule is CCc1nc(C)c2c(C)c(C(=O)NCCCOc3cccc(C)c3)sc2n1. The third-order valence-corrected chi connectivity index (χ3v) is 5.59. The number of rotatable bonds is 7. The van der Waals surface area contributed by atoms with Crippen molar-refractivity contribution in [1.29, 1.82) is 0 Å². The number of benzene rings is 1. The van der Waals surface area contributed by atoms with Gasteiger partial charge in [0.2, 0.25) is 0 Å². The number of fused-ring (bicyclic) bond motifs is 1. The molecule has 142 valence electrons. The minimum atomic E-state index is -0.0523. The first kappa shape index (κ1) is 19.3. The lowest BCUT2D eigenvalue weighted by Gasteiger charge is -2.08. The summed E-state index contributed by atoms with van der Waals surface area (Å²) in [5.41, 5.74) is 3.07. The molecule has 1 amide bonds. The molecule has 6 heteroatoms. The van der Waals surface area contributed by atoms with Crippen molar-refractivity contribution in [3.8, 4) is 5.75 Å². The van der Waals surface area contributed by atoms with Gasteiger partial charge in [0.05, 0.1) is 11.5 Å². The Morgan fingerprint density at radius 1 is 1.22 bits per heavy atom. The van der Waals surface area contributed by atoms with E-state index in [1.54, 1.807) is 0 Å². The monoisotopic (exact) mass is 383 g/mol. The molecule has 2 heterocycles. The van der Waals surface area contributed by atoms with Gasteiger partial charge in [0, 0.05) is 24.0 Å². The van der Waals surface area contributed by atoms with Gasteiger partial charge in [-0.15, -0.1) is 11.3 Å². The van der Waals surface area contributed by atoms with Crippen molar-refractivity contribution in [1.82, 2.24) is 15.3 Å². The van der Waals surface area contributed by atoms with Gasteiger partial charge in [0.1, 0.15) is 16.4 Å². The highest BCUT2D eigenvalue weighted by Crippen LogP contribution is 2.31. The molecule has 1 aromatic carbocycles. The van der Waals surface area contributed by atoms with Gasteiger partial charge in [-0.25, -0.2) is 9.97 Å². The van der Waals surface area contributed by atoms with Crippen LogP contribution in [0.1, 0.15) is 45.7 Å².